The molecule has 0 aromatic heterocycles. The second-order valence-electron chi connectivity index (χ2n) is 6.83. The SMILES string of the molecule is CCc1ccc(C=C2Oc3cc(OCc4ccc(OC)cc4)ccc3C2=O)cc1. The van der Waals surface area contributed by atoms with Crippen LogP contribution in [-0.2, 0) is 13.0 Å². The topological polar surface area (TPSA) is 44.8 Å². The van der Waals surface area contributed by atoms with Crippen molar-refractivity contribution in [1.29, 1.82) is 0 Å². The fraction of sp³-hybridized carbons (Fsp3) is 0.160. The number of ketones is 1. The van der Waals surface area contributed by atoms with Gasteiger partial charge in [-0.15, -0.1) is 0 Å². The Morgan fingerprint density at radius 3 is 2.28 bits per heavy atom. The maximum Gasteiger partial charge on any atom is 0.231 e. The average molecular weight is 386 g/mol. The largest absolute Gasteiger partial charge is 0.497 e. The predicted molar refractivity (Wildman–Crippen MR) is 113 cm³/mol. The van der Waals surface area contributed by atoms with Crippen molar-refractivity contribution >= 4 is 11.9 Å². The molecule has 0 amide bonds. The van der Waals surface area contributed by atoms with Gasteiger partial charge >= 0.3 is 0 Å². The quantitative estimate of drug-likeness (QED) is 0.528. The lowest BCUT2D eigenvalue weighted by atomic mass is 10.1. The zero-order valence-electron chi connectivity index (χ0n) is 16.5. The van der Waals surface area contributed by atoms with Crippen LogP contribution in [0, 0.1) is 0 Å². The Kier molecular flexibility index (Phi) is 5.34. The normalized spacial score (nSPS) is 13.9. The van der Waals surface area contributed by atoms with Crippen molar-refractivity contribution in [2.24, 2.45) is 0 Å². The highest BCUT2D eigenvalue weighted by atomic mass is 16.5. The van der Waals surface area contributed by atoms with Crippen LogP contribution in [0.25, 0.3) is 6.08 Å². The molecule has 0 fully saturated rings. The van der Waals surface area contributed by atoms with Crippen LogP contribution in [0.2, 0.25) is 0 Å². The Bertz CT molecular complexity index is 1050. The van der Waals surface area contributed by atoms with Gasteiger partial charge in [-0.2, -0.15) is 0 Å². The van der Waals surface area contributed by atoms with Gasteiger partial charge in [-0.3, -0.25) is 4.79 Å². The van der Waals surface area contributed by atoms with E-state index in [4.69, 9.17) is 14.2 Å². The summed E-state index contributed by atoms with van der Waals surface area (Å²) in [6, 6.07) is 21.1. The van der Waals surface area contributed by atoms with Crippen molar-refractivity contribution < 1.29 is 19.0 Å². The van der Waals surface area contributed by atoms with Crippen LogP contribution in [0.15, 0.2) is 72.5 Å². The average Bonchev–Trinajstić information content (AvgIpc) is 3.07. The number of benzene rings is 3. The Balaban J connectivity index is 1.46. The van der Waals surface area contributed by atoms with Crippen LogP contribution in [0.1, 0.15) is 34.0 Å². The molecule has 0 aliphatic carbocycles. The number of carbonyl (C=O) groups is 1. The van der Waals surface area contributed by atoms with E-state index >= 15 is 0 Å². The number of ether oxygens (including phenoxy) is 3. The first-order valence-electron chi connectivity index (χ1n) is 9.59. The number of methoxy groups -OCH3 is 1. The number of rotatable bonds is 6. The molecule has 29 heavy (non-hydrogen) atoms. The Morgan fingerprint density at radius 2 is 1.59 bits per heavy atom. The number of carbonyl (C=O) groups excluding carboxylic acids is 1. The number of hydrogen-bond donors (Lipinski definition) is 0. The first kappa shape index (κ1) is 18.8. The lowest BCUT2D eigenvalue weighted by Crippen LogP contribution is -1.98. The van der Waals surface area contributed by atoms with Gasteiger partial charge in [-0.05, 0) is 53.5 Å². The van der Waals surface area contributed by atoms with Crippen LogP contribution >= 0.6 is 0 Å². The van der Waals surface area contributed by atoms with E-state index in [1.807, 2.05) is 36.4 Å². The summed E-state index contributed by atoms with van der Waals surface area (Å²) in [5, 5.41) is 0. The molecule has 0 N–H and O–H groups in total. The highest BCUT2D eigenvalue weighted by molar-refractivity contribution is 6.14. The smallest absolute Gasteiger partial charge is 0.231 e. The van der Waals surface area contributed by atoms with E-state index in [-0.39, 0.29) is 5.78 Å². The van der Waals surface area contributed by atoms with Crippen molar-refractivity contribution in [2.75, 3.05) is 7.11 Å². The lowest BCUT2D eigenvalue weighted by Gasteiger charge is -2.08. The number of hydrogen-bond acceptors (Lipinski definition) is 4. The van der Waals surface area contributed by atoms with E-state index < -0.39 is 0 Å². The van der Waals surface area contributed by atoms with Gasteiger partial charge < -0.3 is 14.2 Å². The lowest BCUT2D eigenvalue weighted by molar-refractivity contribution is 0.101. The van der Waals surface area contributed by atoms with Gasteiger partial charge in [0.1, 0.15) is 23.9 Å². The summed E-state index contributed by atoms with van der Waals surface area (Å²) in [6.45, 7) is 2.53. The zero-order chi connectivity index (χ0) is 20.2. The maximum atomic E-state index is 12.6. The number of allylic oxidation sites excluding steroid dienone is 1. The van der Waals surface area contributed by atoms with Gasteiger partial charge in [0.15, 0.2) is 5.76 Å². The van der Waals surface area contributed by atoms with Crippen molar-refractivity contribution in [3.05, 3.63) is 94.7 Å². The molecule has 146 valence electrons. The molecule has 4 rings (SSSR count). The molecular weight excluding hydrogens is 364 g/mol. The van der Waals surface area contributed by atoms with E-state index in [0.717, 1.165) is 23.3 Å². The van der Waals surface area contributed by atoms with Crippen molar-refractivity contribution in [1.82, 2.24) is 0 Å². The Hall–Kier alpha value is -3.53. The fourth-order valence-electron chi connectivity index (χ4n) is 3.15. The summed E-state index contributed by atoms with van der Waals surface area (Å²) in [6.07, 6.45) is 2.76. The summed E-state index contributed by atoms with van der Waals surface area (Å²) in [4.78, 5) is 12.6. The summed E-state index contributed by atoms with van der Waals surface area (Å²) in [5.74, 6) is 2.21. The number of Topliss-reactive ketones (excluding diaryl/α,β-unsaturated/α-hetero) is 1. The molecule has 4 nitrogen and oxygen atoms in total. The molecule has 1 aliphatic rings. The minimum absolute atomic E-state index is 0.110. The number of aryl methyl sites for hydroxylation is 1. The van der Waals surface area contributed by atoms with Gasteiger partial charge in [0.05, 0.1) is 12.7 Å². The Labute approximate surface area is 170 Å². The first-order valence-corrected chi connectivity index (χ1v) is 9.59. The van der Waals surface area contributed by atoms with Crippen LogP contribution in [0.3, 0.4) is 0 Å². The van der Waals surface area contributed by atoms with Gasteiger partial charge in [0, 0.05) is 6.07 Å². The zero-order valence-corrected chi connectivity index (χ0v) is 16.5. The molecule has 3 aromatic rings. The van der Waals surface area contributed by atoms with E-state index in [9.17, 15) is 4.79 Å². The van der Waals surface area contributed by atoms with Gasteiger partial charge in [0.25, 0.3) is 0 Å². The van der Waals surface area contributed by atoms with E-state index in [0.29, 0.717) is 29.4 Å². The maximum absolute atomic E-state index is 12.6. The molecule has 0 bridgehead atoms. The molecule has 4 heteroatoms. The molecule has 0 saturated carbocycles. The standard InChI is InChI=1S/C25H22O4/c1-3-17-4-6-18(7-5-17)14-24-25(26)22-13-12-21(15-23(22)29-24)28-16-19-8-10-20(27-2)11-9-19/h4-15H,3,16H2,1-2H3. The number of fused-ring (bicyclic) bond motifs is 1. The highest BCUT2D eigenvalue weighted by Gasteiger charge is 2.27. The minimum atomic E-state index is -0.110. The van der Waals surface area contributed by atoms with E-state index in [1.54, 1.807) is 31.4 Å². The predicted octanol–water partition coefficient (Wildman–Crippen LogP) is 5.45. The highest BCUT2D eigenvalue weighted by Crippen LogP contribution is 2.35. The minimum Gasteiger partial charge on any atom is -0.497 e. The third-order valence-corrected chi connectivity index (χ3v) is 4.89. The molecule has 1 aliphatic heterocycles. The molecule has 0 unspecified atom stereocenters. The summed E-state index contributed by atoms with van der Waals surface area (Å²) in [5.41, 5.74) is 3.78. The van der Waals surface area contributed by atoms with Crippen LogP contribution in [-0.4, -0.2) is 12.9 Å². The summed E-state index contributed by atoms with van der Waals surface area (Å²) in [7, 11) is 1.64. The van der Waals surface area contributed by atoms with Crippen molar-refractivity contribution in [3.63, 3.8) is 0 Å². The Morgan fingerprint density at radius 1 is 0.897 bits per heavy atom. The van der Waals surface area contributed by atoms with E-state index in [1.165, 1.54) is 5.56 Å². The first-order chi connectivity index (χ1) is 14.2. The third-order valence-electron chi connectivity index (χ3n) is 4.89. The van der Waals surface area contributed by atoms with Crippen LogP contribution < -0.4 is 14.2 Å². The molecule has 1 heterocycles. The molecular formula is C25H22O4. The monoisotopic (exact) mass is 386 g/mol. The van der Waals surface area contributed by atoms with Gasteiger partial charge in [-0.1, -0.05) is 43.3 Å². The third kappa shape index (κ3) is 4.16. The van der Waals surface area contributed by atoms with Gasteiger partial charge in [0.2, 0.25) is 5.78 Å². The molecule has 0 atom stereocenters. The molecule has 0 saturated heterocycles. The summed E-state index contributed by atoms with van der Waals surface area (Å²) < 4.78 is 16.8. The molecule has 3 aromatic carbocycles. The summed E-state index contributed by atoms with van der Waals surface area (Å²) >= 11 is 0. The van der Waals surface area contributed by atoms with Crippen LogP contribution in [0.4, 0.5) is 0 Å². The van der Waals surface area contributed by atoms with Crippen LogP contribution in [0.5, 0.6) is 17.2 Å². The van der Waals surface area contributed by atoms with Gasteiger partial charge in [-0.25, -0.2) is 0 Å². The second kappa shape index (κ2) is 8.23. The van der Waals surface area contributed by atoms with Crippen molar-refractivity contribution in [2.45, 2.75) is 20.0 Å². The second-order valence-corrected chi connectivity index (χ2v) is 6.83. The molecule has 0 radical (unpaired) electrons. The molecule has 0 spiro atoms. The fourth-order valence-corrected chi connectivity index (χ4v) is 3.15. The van der Waals surface area contributed by atoms with E-state index in [2.05, 4.69) is 19.1 Å². The van der Waals surface area contributed by atoms with Crippen molar-refractivity contribution in [3.8, 4) is 17.2 Å².